The van der Waals surface area contributed by atoms with E-state index in [4.69, 9.17) is 0 Å². The monoisotopic (exact) mass is 390 g/mol. The van der Waals surface area contributed by atoms with E-state index in [-0.39, 0.29) is 23.8 Å². The molecule has 0 radical (unpaired) electrons. The molecule has 3 atom stereocenters. The molecule has 0 bridgehead atoms. The molecule has 3 aromatic rings. The molecule has 150 valence electrons. The fourth-order valence-electron chi connectivity index (χ4n) is 4.04. The van der Waals surface area contributed by atoms with Crippen LogP contribution in [-0.4, -0.2) is 26.3 Å². The molecule has 3 unspecified atom stereocenters. The summed E-state index contributed by atoms with van der Waals surface area (Å²) in [6.45, 7) is 3.81. The number of hydrogen-bond donors (Lipinski definition) is 1. The van der Waals surface area contributed by atoms with E-state index < -0.39 is 0 Å². The third-order valence-electron chi connectivity index (χ3n) is 5.87. The highest BCUT2D eigenvalue weighted by Gasteiger charge is 2.25. The van der Waals surface area contributed by atoms with Crippen LogP contribution in [0.15, 0.2) is 48.7 Å². The van der Waals surface area contributed by atoms with Gasteiger partial charge in [-0.05, 0) is 56.4 Å². The van der Waals surface area contributed by atoms with Gasteiger partial charge in [-0.25, -0.2) is 0 Å². The Morgan fingerprint density at radius 3 is 2.69 bits per heavy atom. The first-order valence-corrected chi connectivity index (χ1v) is 10.2. The molecule has 6 nitrogen and oxygen atoms in total. The number of Topliss-reactive ketones (excluding diaryl/α,β-unsaturated/α-hetero) is 1. The van der Waals surface area contributed by atoms with Gasteiger partial charge in [-0.3, -0.25) is 14.0 Å². The van der Waals surface area contributed by atoms with Crippen LogP contribution in [0.4, 0.5) is 0 Å². The molecule has 1 N–H and O–H groups in total. The smallest absolute Gasteiger partial charge is 0.227 e. The first-order chi connectivity index (χ1) is 14.0. The Morgan fingerprint density at radius 1 is 1.17 bits per heavy atom. The number of benzene rings is 1. The van der Waals surface area contributed by atoms with E-state index in [0.29, 0.717) is 11.6 Å². The van der Waals surface area contributed by atoms with Crippen molar-refractivity contribution in [1.82, 2.24) is 19.9 Å². The Morgan fingerprint density at radius 2 is 1.97 bits per heavy atom. The van der Waals surface area contributed by atoms with Crippen LogP contribution in [0, 0.1) is 5.92 Å². The van der Waals surface area contributed by atoms with Crippen molar-refractivity contribution in [1.29, 1.82) is 0 Å². The zero-order valence-corrected chi connectivity index (χ0v) is 16.8. The molecule has 1 aliphatic rings. The summed E-state index contributed by atoms with van der Waals surface area (Å²) in [5.74, 6) is 0.928. The highest BCUT2D eigenvalue weighted by Crippen LogP contribution is 2.26. The number of nitrogens with one attached hydrogen (secondary N) is 1. The van der Waals surface area contributed by atoms with Gasteiger partial charge in [-0.2, -0.15) is 0 Å². The van der Waals surface area contributed by atoms with E-state index in [1.165, 1.54) is 0 Å². The van der Waals surface area contributed by atoms with Crippen LogP contribution in [0.2, 0.25) is 0 Å². The lowest BCUT2D eigenvalue weighted by Crippen LogP contribution is -2.31. The number of nitrogens with zero attached hydrogens (tertiary/aromatic N) is 3. The SMILES string of the molecule is CC(NC(=O)C(C)c1ccc(CC2CCCC2=O)cc1)c1nnc2ccccn12. The number of carbonyl (C=O) groups is 2. The number of fused-ring (bicyclic) bond motifs is 1. The van der Waals surface area contributed by atoms with Crippen molar-refractivity contribution in [2.75, 3.05) is 0 Å². The fraction of sp³-hybridized carbons (Fsp3) is 0.391. The van der Waals surface area contributed by atoms with Gasteiger partial charge in [0.15, 0.2) is 11.5 Å². The van der Waals surface area contributed by atoms with Crippen molar-refractivity contribution >= 4 is 17.3 Å². The maximum atomic E-state index is 12.8. The molecule has 29 heavy (non-hydrogen) atoms. The summed E-state index contributed by atoms with van der Waals surface area (Å²) >= 11 is 0. The molecular formula is C23H26N4O2. The maximum Gasteiger partial charge on any atom is 0.227 e. The van der Waals surface area contributed by atoms with Crippen LogP contribution < -0.4 is 5.32 Å². The summed E-state index contributed by atoms with van der Waals surface area (Å²) in [4.78, 5) is 24.6. The van der Waals surface area contributed by atoms with Crippen LogP contribution >= 0.6 is 0 Å². The Balaban J connectivity index is 1.40. The second-order valence-corrected chi connectivity index (χ2v) is 7.94. The third-order valence-corrected chi connectivity index (χ3v) is 5.87. The lowest BCUT2D eigenvalue weighted by Gasteiger charge is -2.17. The highest BCUT2D eigenvalue weighted by molar-refractivity contribution is 5.84. The Hall–Kier alpha value is -3.02. The summed E-state index contributed by atoms with van der Waals surface area (Å²) in [5, 5.41) is 11.4. The van der Waals surface area contributed by atoms with Gasteiger partial charge < -0.3 is 5.32 Å². The summed E-state index contributed by atoms with van der Waals surface area (Å²) < 4.78 is 1.88. The average molecular weight is 390 g/mol. The van der Waals surface area contributed by atoms with Crippen LogP contribution in [0.3, 0.4) is 0 Å². The first-order valence-electron chi connectivity index (χ1n) is 10.2. The molecule has 0 aliphatic heterocycles. The Labute approximate surface area is 170 Å². The number of rotatable bonds is 6. The van der Waals surface area contributed by atoms with Gasteiger partial charge in [0.25, 0.3) is 0 Å². The minimum Gasteiger partial charge on any atom is -0.346 e. The van der Waals surface area contributed by atoms with Gasteiger partial charge in [0.05, 0.1) is 12.0 Å². The molecule has 1 aliphatic carbocycles. The standard InChI is InChI=1S/C23H26N4O2/c1-15(18-11-9-17(10-12-18)14-19-6-5-7-20(19)28)23(29)24-16(2)22-26-25-21-8-3-4-13-27(21)22/h3-4,8-13,15-16,19H,5-7,14H2,1-2H3,(H,24,29). The molecule has 1 fully saturated rings. The van der Waals surface area contributed by atoms with E-state index in [9.17, 15) is 9.59 Å². The fourth-order valence-corrected chi connectivity index (χ4v) is 4.04. The molecule has 6 heteroatoms. The second-order valence-electron chi connectivity index (χ2n) is 7.94. The summed E-state index contributed by atoms with van der Waals surface area (Å²) in [7, 11) is 0. The molecular weight excluding hydrogens is 364 g/mol. The van der Waals surface area contributed by atoms with Gasteiger partial charge >= 0.3 is 0 Å². The topological polar surface area (TPSA) is 76.4 Å². The minimum atomic E-state index is -0.279. The van der Waals surface area contributed by atoms with E-state index in [2.05, 4.69) is 15.5 Å². The van der Waals surface area contributed by atoms with Gasteiger partial charge in [-0.15, -0.1) is 10.2 Å². The lowest BCUT2D eigenvalue weighted by atomic mass is 9.94. The largest absolute Gasteiger partial charge is 0.346 e. The first kappa shape index (κ1) is 19.3. The van der Waals surface area contributed by atoms with Crippen molar-refractivity contribution in [3.05, 3.63) is 65.6 Å². The quantitative estimate of drug-likeness (QED) is 0.697. The van der Waals surface area contributed by atoms with Crippen LogP contribution in [0.1, 0.15) is 62.0 Å². The molecule has 1 saturated carbocycles. The maximum absolute atomic E-state index is 12.8. The number of carbonyl (C=O) groups excluding carboxylic acids is 2. The molecule has 1 amide bonds. The molecule has 2 aromatic heterocycles. The second kappa shape index (κ2) is 8.15. The van der Waals surface area contributed by atoms with Crippen molar-refractivity contribution in [2.45, 2.75) is 51.5 Å². The zero-order valence-electron chi connectivity index (χ0n) is 16.8. The zero-order chi connectivity index (χ0) is 20.4. The number of amides is 1. The number of hydrogen-bond acceptors (Lipinski definition) is 4. The lowest BCUT2D eigenvalue weighted by molar-refractivity contribution is -0.123. The Kier molecular flexibility index (Phi) is 5.43. The van der Waals surface area contributed by atoms with Crippen molar-refractivity contribution in [2.24, 2.45) is 5.92 Å². The van der Waals surface area contributed by atoms with Crippen molar-refractivity contribution in [3.8, 4) is 0 Å². The average Bonchev–Trinajstić information content (AvgIpc) is 3.34. The van der Waals surface area contributed by atoms with E-state index >= 15 is 0 Å². The van der Waals surface area contributed by atoms with E-state index in [1.807, 2.05) is 66.9 Å². The van der Waals surface area contributed by atoms with Crippen molar-refractivity contribution < 1.29 is 9.59 Å². The van der Waals surface area contributed by atoms with Crippen molar-refractivity contribution in [3.63, 3.8) is 0 Å². The highest BCUT2D eigenvalue weighted by atomic mass is 16.2. The molecule has 2 heterocycles. The van der Waals surface area contributed by atoms with E-state index in [1.54, 1.807) is 0 Å². The van der Waals surface area contributed by atoms with Gasteiger partial charge in [0.1, 0.15) is 5.78 Å². The predicted octanol–water partition coefficient (Wildman–Crippen LogP) is 3.62. The van der Waals surface area contributed by atoms with Crippen LogP contribution in [-0.2, 0) is 16.0 Å². The molecule has 0 spiro atoms. The van der Waals surface area contributed by atoms with Gasteiger partial charge in [0, 0.05) is 18.5 Å². The normalized spacial score (nSPS) is 18.7. The third kappa shape index (κ3) is 4.06. The minimum absolute atomic E-state index is 0.0519. The van der Waals surface area contributed by atoms with Crippen LogP contribution in [0.25, 0.3) is 5.65 Å². The molecule has 1 aromatic carbocycles. The van der Waals surface area contributed by atoms with Gasteiger partial charge in [-0.1, -0.05) is 30.3 Å². The number of pyridine rings is 1. The summed E-state index contributed by atoms with van der Waals surface area (Å²) in [6.07, 6.45) is 5.42. The number of ketones is 1. The van der Waals surface area contributed by atoms with E-state index in [0.717, 1.165) is 42.5 Å². The van der Waals surface area contributed by atoms with Crippen LogP contribution in [0.5, 0.6) is 0 Å². The predicted molar refractivity (Wildman–Crippen MR) is 110 cm³/mol. The summed E-state index contributed by atoms with van der Waals surface area (Å²) in [6, 6.07) is 13.5. The molecule has 4 rings (SSSR count). The summed E-state index contributed by atoms with van der Waals surface area (Å²) in [5.41, 5.74) is 2.88. The number of aromatic nitrogens is 3. The van der Waals surface area contributed by atoms with Gasteiger partial charge in [0.2, 0.25) is 5.91 Å². The Bertz CT molecular complexity index is 1020. The molecule has 0 saturated heterocycles.